The average molecular weight is 449 g/mol. The Hall–Kier alpha value is -1.69. The summed E-state index contributed by atoms with van der Waals surface area (Å²) in [5.41, 5.74) is 0.309. The van der Waals surface area contributed by atoms with Gasteiger partial charge in [-0.3, -0.25) is 14.4 Å². The third-order valence-electron chi connectivity index (χ3n) is 7.13. The third kappa shape index (κ3) is 3.10. The molecule has 6 heteroatoms. The first-order chi connectivity index (χ1) is 12.9. The third-order valence-corrected chi connectivity index (χ3v) is 7.66. The first kappa shape index (κ1) is 21.0. The van der Waals surface area contributed by atoms with Gasteiger partial charge < -0.3 is 4.90 Å². The molecule has 1 aromatic carbocycles. The Morgan fingerprint density at radius 1 is 1.18 bits per heavy atom. The van der Waals surface area contributed by atoms with Crippen molar-refractivity contribution in [3.05, 3.63) is 28.7 Å². The topological polar surface area (TPSA) is 57.7 Å². The fourth-order valence-electron chi connectivity index (χ4n) is 4.53. The van der Waals surface area contributed by atoms with Gasteiger partial charge in [-0.05, 0) is 48.4 Å². The van der Waals surface area contributed by atoms with Crippen molar-refractivity contribution in [2.75, 3.05) is 4.90 Å². The number of benzene rings is 1. The van der Waals surface area contributed by atoms with Gasteiger partial charge in [0.25, 0.3) is 5.91 Å². The minimum Gasteiger partial charge on any atom is -0.327 e. The maximum Gasteiger partial charge on any atom is 0.257 e. The standard InChI is InChI=1S/C22H29BrN2O3/c1-7-13(2)24(20(28)18-21(3,4)22(18,5)6)16-12-17(26)25(19(16)27)15-10-8-14(23)9-11-15/h8-11,13,16,18H,7,12H2,1-6H3. The summed E-state index contributed by atoms with van der Waals surface area (Å²) in [5.74, 6) is -0.711. The number of carbonyl (C=O) groups is 3. The van der Waals surface area contributed by atoms with Crippen LogP contribution in [-0.4, -0.2) is 34.7 Å². The number of hydrogen-bond acceptors (Lipinski definition) is 3. The van der Waals surface area contributed by atoms with Gasteiger partial charge in [0.15, 0.2) is 0 Å². The lowest BCUT2D eigenvalue weighted by Crippen LogP contribution is -2.51. The zero-order chi connectivity index (χ0) is 21.0. The molecule has 2 aliphatic rings. The van der Waals surface area contributed by atoms with Crippen LogP contribution in [0.3, 0.4) is 0 Å². The monoisotopic (exact) mass is 448 g/mol. The van der Waals surface area contributed by atoms with E-state index in [0.717, 1.165) is 10.9 Å². The minimum absolute atomic E-state index is 0.00634. The molecule has 0 spiro atoms. The van der Waals surface area contributed by atoms with Crippen LogP contribution in [0.5, 0.6) is 0 Å². The van der Waals surface area contributed by atoms with Crippen molar-refractivity contribution in [1.82, 2.24) is 4.90 Å². The molecule has 1 aliphatic carbocycles. The molecule has 3 rings (SSSR count). The van der Waals surface area contributed by atoms with E-state index in [4.69, 9.17) is 0 Å². The minimum atomic E-state index is -0.731. The van der Waals surface area contributed by atoms with E-state index in [-0.39, 0.29) is 46.9 Å². The number of rotatable bonds is 5. The molecule has 152 valence electrons. The lowest BCUT2D eigenvalue weighted by Gasteiger charge is -2.33. The van der Waals surface area contributed by atoms with E-state index in [2.05, 4.69) is 43.6 Å². The van der Waals surface area contributed by atoms with Crippen LogP contribution < -0.4 is 4.90 Å². The van der Waals surface area contributed by atoms with Crippen molar-refractivity contribution in [2.24, 2.45) is 16.7 Å². The zero-order valence-electron chi connectivity index (χ0n) is 17.5. The van der Waals surface area contributed by atoms with Crippen LogP contribution in [0.15, 0.2) is 28.7 Å². The maximum atomic E-state index is 13.5. The fraction of sp³-hybridized carbons (Fsp3) is 0.591. The molecule has 1 aromatic rings. The van der Waals surface area contributed by atoms with E-state index >= 15 is 0 Å². The van der Waals surface area contributed by atoms with Gasteiger partial charge in [-0.2, -0.15) is 0 Å². The lowest BCUT2D eigenvalue weighted by molar-refractivity contribution is -0.143. The van der Waals surface area contributed by atoms with Gasteiger partial charge >= 0.3 is 0 Å². The Balaban J connectivity index is 1.92. The number of carbonyl (C=O) groups excluding carboxylic acids is 3. The molecule has 28 heavy (non-hydrogen) atoms. The second kappa shape index (κ2) is 6.97. The highest BCUT2D eigenvalue weighted by molar-refractivity contribution is 9.10. The van der Waals surface area contributed by atoms with Crippen LogP contribution in [0.25, 0.3) is 0 Å². The Kier molecular flexibility index (Phi) is 5.24. The average Bonchev–Trinajstić information content (AvgIpc) is 2.85. The largest absolute Gasteiger partial charge is 0.327 e. The SMILES string of the molecule is CCC(C)N(C(=O)C1C(C)(C)C1(C)C)C1CC(=O)N(c2ccc(Br)cc2)C1=O. The summed E-state index contributed by atoms with van der Waals surface area (Å²) in [7, 11) is 0. The van der Waals surface area contributed by atoms with E-state index in [1.54, 1.807) is 29.2 Å². The predicted octanol–water partition coefficient (Wildman–Crippen LogP) is 4.39. The van der Waals surface area contributed by atoms with E-state index < -0.39 is 6.04 Å². The van der Waals surface area contributed by atoms with Crippen molar-refractivity contribution < 1.29 is 14.4 Å². The van der Waals surface area contributed by atoms with Crippen molar-refractivity contribution in [3.8, 4) is 0 Å². The Morgan fingerprint density at radius 3 is 2.18 bits per heavy atom. The summed E-state index contributed by atoms with van der Waals surface area (Å²) < 4.78 is 0.876. The van der Waals surface area contributed by atoms with Gasteiger partial charge in [-0.25, -0.2) is 4.90 Å². The van der Waals surface area contributed by atoms with E-state index in [0.29, 0.717) is 5.69 Å². The Bertz CT molecular complexity index is 802. The van der Waals surface area contributed by atoms with Crippen molar-refractivity contribution in [1.29, 1.82) is 0 Å². The molecular formula is C22H29BrN2O3. The molecule has 5 nitrogen and oxygen atoms in total. The van der Waals surface area contributed by atoms with Gasteiger partial charge in [0.05, 0.1) is 12.1 Å². The van der Waals surface area contributed by atoms with Crippen LogP contribution in [0.4, 0.5) is 5.69 Å². The predicted molar refractivity (Wildman–Crippen MR) is 113 cm³/mol. The second-order valence-corrected chi connectivity index (χ2v) is 10.1. The van der Waals surface area contributed by atoms with E-state index in [1.165, 1.54) is 4.90 Å². The number of nitrogens with zero attached hydrogens (tertiary/aromatic N) is 2. The molecule has 1 saturated heterocycles. The normalized spacial score (nSPS) is 24.4. The van der Waals surface area contributed by atoms with Gasteiger partial charge in [0, 0.05) is 16.4 Å². The zero-order valence-corrected chi connectivity index (χ0v) is 19.0. The summed E-state index contributed by atoms with van der Waals surface area (Å²) in [6.07, 6.45) is 0.772. The molecule has 1 saturated carbocycles. The van der Waals surface area contributed by atoms with Gasteiger partial charge in [-0.1, -0.05) is 50.5 Å². The molecule has 0 N–H and O–H groups in total. The van der Waals surface area contributed by atoms with Gasteiger partial charge in [0.2, 0.25) is 11.8 Å². The molecule has 0 radical (unpaired) electrons. The van der Waals surface area contributed by atoms with Crippen LogP contribution in [0.1, 0.15) is 54.4 Å². The quantitative estimate of drug-likeness (QED) is 0.627. The molecule has 3 amide bonds. The number of hydrogen-bond donors (Lipinski definition) is 0. The summed E-state index contributed by atoms with van der Waals surface area (Å²) >= 11 is 3.37. The van der Waals surface area contributed by atoms with Crippen LogP contribution in [-0.2, 0) is 14.4 Å². The van der Waals surface area contributed by atoms with Crippen LogP contribution in [0, 0.1) is 16.7 Å². The smallest absolute Gasteiger partial charge is 0.257 e. The number of imide groups is 1. The van der Waals surface area contributed by atoms with Crippen LogP contribution in [0.2, 0.25) is 0 Å². The Labute approximate surface area is 175 Å². The molecule has 1 aliphatic heterocycles. The molecule has 0 bridgehead atoms. The van der Waals surface area contributed by atoms with Gasteiger partial charge in [0.1, 0.15) is 6.04 Å². The number of amides is 3. The van der Waals surface area contributed by atoms with E-state index in [9.17, 15) is 14.4 Å². The highest BCUT2D eigenvalue weighted by Gasteiger charge is 2.69. The Morgan fingerprint density at radius 2 is 1.71 bits per heavy atom. The number of halogens is 1. The molecule has 2 fully saturated rings. The first-order valence-corrected chi connectivity index (χ1v) is 10.7. The van der Waals surface area contributed by atoms with Crippen molar-refractivity contribution in [3.63, 3.8) is 0 Å². The van der Waals surface area contributed by atoms with Crippen molar-refractivity contribution >= 4 is 39.3 Å². The summed E-state index contributed by atoms with van der Waals surface area (Å²) in [4.78, 5) is 42.4. The fourth-order valence-corrected chi connectivity index (χ4v) is 4.80. The summed E-state index contributed by atoms with van der Waals surface area (Å²) in [5, 5.41) is 0. The summed E-state index contributed by atoms with van der Waals surface area (Å²) in [6.45, 7) is 12.3. The highest BCUT2D eigenvalue weighted by atomic mass is 79.9. The molecule has 2 atom stereocenters. The van der Waals surface area contributed by atoms with Crippen LogP contribution >= 0.6 is 15.9 Å². The van der Waals surface area contributed by atoms with Gasteiger partial charge in [-0.15, -0.1) is 0 Å². The molecular weight excluding hydrogens is 420 g/mol. The molecule has 0 aromatic heterocycles. The maximum absolute atomic E-state index is 13.5. The lowest BCUT2D eigenvalue weighted by atomic mass is 10.0. The first-order valence-electron chi connectivity index (χ1n) is 9.89. The molecule has 1 heterocycles. The summed E-state index contributed by atoms with van der Waals surface area (Å²) in [6, 6.07) is 6.25. The van der Waals surface area contributed by atoms with E-state index in [1.807, 2.05) is 13.8 Å². The van der Waals surface area contributed by atoms with Crippen molar-refractivity contribution in [2.45, 2.75) is 66.5 Å². The molecule has 2 unspecified atom stereocenters. The second-order valence-electron chi connectivity index (χ2n) is 9.14. The highest BCUT2D eigenvalue weighted by Crippen LogP contribution is 2.69. The number of anilines is 1.